The molecule has 0 aromatic heterocycles. The summed E-state index contributed by atoms with van der Waals surface area (Å²) in [6.07, 6.45) is -5.29. The number of hydrogen-bond donors (Lipinski definition) is 0. The lowest BCUT2D eigenvalue weighted by molar-refractivity contribution is -0.276. The van der Waals surface area contributed by atoms with Gasteiger partial charge in [-0.1, -0.05) is 19.1 Å². The zero-order chi connectivity index (χ0) is 27.3. The van der Waals surface area contributed by atoms with E-state index in [0.29, 0.717) is 24.0 Å². The number of esters is 1. The second-order valence-corrected chi connectivity index (χ2v) is 8.56. The van der Waals surface area contributed by atoms with Crippen LogP contribution >= 0.6 is 11.8 Å². The molecule has 37 heavy (non-hydrogen) atoms. The van der Waals surface area contributed by atoms with E-state index in [1.54, 1.807) is 6.92 Å². The van der Waals surface area contributed by atoms with E-state index in [1.165, 1.54) is 24.3 Å². The molecule has 0 amide bonds. The van der Waals surface area contributed by atoms with Gasteiger partial charge in [0.2, 0.25) is 5.75 Å². The van der Waals surface area contributed by atoms with Crippen molar-refractivity contribution in [3.05, 3.63) is 89.0 Å². The van der Waals surface area contributed by atoms with E-state index in [4.69, 9.17) is 4.74 Å². The van der Waals surface area contributed by atoms with Crippen molar-refractivity contribution in [3.8, 4) is 22.6 Å². The van der Waals surface area contributed by atoms with Crippen molar-refractivity contribution in [3.63, 3.8) is 0 Å². The van der Waals surface area contributed by atoms with Crippen molar-refractivity contribution >= 4 is 23.6 Å². The van der Waals surface area contributed by atoms with E-state index >= 15 is 0 Å². The molecule has 0 saturated heterocycles. The Morgan fingerprint density at radius 1 is 0.838 bits per heavy atom. The van der Waals surface area contributed by atoms with Crippen LogP contribution in [0.2, 0.25) is 0 Å². The van der Waals surface area contributed by atoms with Crippen LogP contribution in [0.4, 0.5) is 35.1 Å². The first-order valence-electron chi connectivity index (χ1n) is 10.4. The standard InChI is InChI=1S/C25H16F8O3S/c1-2-37-12-20(29)22(30)15-7-8-21(17(26)9-15)35-24(34)14-5-3-13(4-6-14)16-10-18(27)23(19(28)11-16)36-25(31,32)33/h3-11H,2,12H2,1H3/b22-20+. The number of benzene rings is 3. The van der Waals surface area contributed by atoms with Gasteiger partial charge >= 0.3 is 12.3 Å². The number of carbonyl (C=O) groups is 1. The Morgan fingerprint density at radius 3 is 1.97 bits per heavy atom. The number of thioether (sulfide) groups is 1. The molecular weight excluding hydrogens is 532 g/mol. The Morgan fingerprint density at radius 2 is 1.43 bits per heavy atom. The lowest BCUT2D eigenvalue weighted by Crippen LogP contribution is -2.19. The Kier molecular flexibility index (Phi) is 8.85. The minimum atomic E-state index is -5.29. The molecule has 3 rings (SSSR count). The molecule has 3 nitrogen and oxygen atoms in total. The molecule has 0 atom stereocenters. The highest BCUT2D eigenvalue weighted by molar-refractivity contribution is 7.99. The van der Waals surface area contributed by atoms with Crippen LogP contribution < -0.4 is 9.47 Å². The highest BCUT2D eigenvalue weighted by Crippen LogP contribution is 2.33. The molecule has 0 heterocycles. The van der Waals surface area contributed by atoms with Crippen molar-refractivity contribution in [2.24, 2.45) is 0 Å². The summed E-state index contributed by atoms with van der Waals surface area (Å²) in [6.45, 7) is 1.76. The van der Waals surface area contributed by atoms with E-state index in [-0.39, 0.29) is 28.0 Å². The summed E-state index contributed by atoms with van der Waals surface area (Å²) in [5.41, 5.74) is -0.499. The SMILES string of the molecule is CCSC/C(F)=C(\F)c1ccc(OC(=O)c2ccc(-c3cc(F)c(OC(F)(F)F)c(F)c3)cc2)c(F)c1. The van der Waals surface area contributed by atoms with Crippen molar-refractivity contribution in [2.75, 3.05) is 11.5 Å². The topological polar surface area (TPSA) is 35.5 Å². The van der Waals surface area contributed by atoms with Gasteiger partial charge in [0, 0.05) is 11.3 Å². The van der Waals surface area contributed by atoms with Gasteiger partial charge in [-0.2, -0.15) is 11.8 Å². The summed E-state index contributed by atoms with van der Waals surface area (Å²) in [6, 6.07) is 8.69. The van der Waals surface area contributed by atoms with Gasteiger partial charge in [0.05, 0.1) is 5.56 Å². The van der Waals surface area contributed by atoms with Gasteiger partial charge < -0.3 is 9.47 Å². The van der Waals surface area contributed by atoms with Crippen LogP contribution in [0.15, 0.2) is 60.4 Å². The van der Waals surface area contributed by atoms with Gasteiger partial charge in [-0.25, -0.2) is 26.7 Å². The number of alkyl halides is 3. The van der Waals surface area contributed by atoms with Crippen LogP contribution in [-0.4, -0.2) is 23.8 Å². The molecule has 0 N–H and O–H groups in total. The Balaban J connectivity index is 1.75. The first kappa shape index (κ1) is 28.0. The van der Waals surface area contributed by atoms with Gasteiger partial charge in [-0.05, 0) is 59.3 Å². The molecule has 0 aliphatic heterocycles. The molecule has 0 unspecified atom stereocenters. The predicted octanol–water partition coefficient (Wildman–Crippen LogP) is 8.25. The zero-order valence-corrected chi connectivity index (χ0v) is 19.6. The summed E-state index contributed by atoms with van der Waals surface area (Å²) < 4.78 is 115. The fourth-order valence-corrected chi connectivity index (χ4v) is 3.54. The van der Waals surface area contributed by atoms with Crippen LogP contribution in [0.25, 0.3) is 17.0 Å². The maximum Gasteiger partial charge on any atom is 0.573 e. The lowest BCUT2D eigenvalue weighted by Gasteiger charge is -2.12. The summed E-state index contributed by atoms with van der Waals surface area (Å²) >= 11 is 1.14. The first-order chi connectivity index (χ1) is 17.4. The van der Waals surface area contributed by atoms with Crippen LogP contribution in [0.3, 0.4) is 0 Å². The smallest absolute Gasteiger partial charge is 0.420 e. The van der Waals surface area contributed by atoms with E-state index in [9.17, 15) is 39.9 Å². The van der Waals surface area contributed by atoms with Crippen molar-refractivity contribution in [1.82, 2.24) is 0 Å². The molecule has 0 spiro atoms. The Hall–Kier alpha value is -3.54. The average molecular weight is 548 g/mol. The third-order valence-corrected chi connectivity index (χ3v) is 5.59. The second kappa shape index (κ2) is 11.7. The molecule has 3 aromatic carbocycles. The minimum Gasteiger partial charge on any atom is -0.420 e. The Bertz CT molecular complexity index is 1300. The van der Waals surface area contributed by atoms with Gasteiger partial charge in [-0.15, -0.1) is 13.2 Å². The zero-order valence-electron chi connectivity index (χ0n) is 18.8. The minimum absolute atomic E-state index is 0.112. The molecule has 0 bridgehead atoms. The highest BCUT2D eigenvalue weighted by atomic mass is 32.2. The fraction of sp³-hybridized carbons (Fsp3) is 0.160. The molecule has 0 fully saturated rings. The van der Waals surface area contributed by atoms with E-state index in [2.05, 4.69) is 4.74 Å². The molecule has 0 radical (unpaired) electrons. The normalized spacial score (nSPS) is 12.2. The van der Waals surface area contributed by atoms with Crippen molar-refractivity contribution in [1.29, 1.82) is 0 Å². The number of carbonyl (C=O) groups excluding carboxylic acids is 1. The molecule has 0 aliphatic rings. The number of ether oxygens (including phenoxy) is 2. The van der Waals surface area contributed by atoms with Crippen molar-refractivity contribution in [2.45, 2.75) is 13.3 Å². The van der Waals surface area contributed by atoms with Crippen molar-refractivity contribution < 1.29 is 49.4 Å². The van der Waals surface area contributed by atoms with Crippen LogP contribution in [0, 0.1) is 17.5 Å². The second-order valence-electron chi connectivity index (χ2n) is 7.28. The van der Waals surface area contributed by atoms with Gasteiger partial charge in [-0.3, -0.25) is 0 Å². The number of halogens is 8. The largest absolute Gasteiger partial charge is 0.573 e. The molecule has 0 aliphatic carbocycles. The summed E-state index contributed by atoms with van der Waals surface area (Å²) in [7, 11) is 0. The average Bonchev–Trinajstić information content (AvgIpc) is 2.84. The van der Waals surface area contributed by atoms with Gasteiger partial charge in [0.25, 0.3) is 0 Å². The molecular formula is C25H16F8O3S. The summed E-state index contributed by atoms with van der Waals surface area (Å²) in [5, 5.41) is 0. The van der Waals surface area contributed by atoms with Crippen LogP contribution in [0.5, 0.6) is 11.5 Å². The van der Waals surface area contributed by atoms with E-state index < -0.39 is 52.9 Å². The summed E-state index contributed by atoms with van der Waals surface area (Å²) in [5.74, 6) is -9.47. The van der Waals surface area contributed by atoms with Crippen LogP contribution in [-0.2, 0) is 0 Å². The fourth-order valence-electron chi connectivity index (χ4n) is 3.03. The molecule has 3 aromatic rings. The van der Waals surface area contributed by atoms with Gasteiger partial charge in [0.1, 0.15) is 5.83 Å². The number of rotatable bonds is 8. The van der Waals surface area contributed by atoms with Crippen LogP contribution in [0.1, 0.15) is 22.8 Å². The lowest BCUT2D eigenvalue weighted by atomic mass is 10.0. The third kappa shape index (κ3) is 7.25. The van der Waals surface area contributed by atoms with E-state index in [0.717, 1.165) is 23.9 Å². The quantitative estimate of drug-likeness (QED) is 0.161. The molecule has 12 heteroatoms. The maximum atomic E-state index is 14.4. The highest BCUT2D eigenvalue weighted by Gasteiger charge is 2.34. The monoisotopic (exact) mass is 548 g/mol. The first-order valence-corrected chi connectivity index (χ1v) is 11.5. The number of hydrogen-bond acceptors (Lipinski definition) is 4. The van der Waals surface area contributed by atoms with Gasteiger partial charge in [0.15, 0.2) is 29.0 Å². The predicted molar refractivity (Wildman–Crippen MR) is 122 cm³/mol. The maximum absolute atomic E-state index is 14.4. The third-order valence-electron chi connectivity index (χ3n) is 4.73. The molecule has 0 saturated carbocycles. The summed E-state index contributed by atoms with van der Waals surface area (Å²) in [4.78, 5) is 12.4. The van der Waals surface area contributed by atoms with E-state index in [1.807, 2.05) is 0 Å². The molecule has 196 valence electrons. The Labute approximate surface area is 209 Å².